The first-order valence-corrected chi connectivity index (χ1v) is 7.74. The molecule has 0 fully saturated rings. The Morgan fingerprint density at radius 1 is 1.29 bits per heavy atom. The molecule has 0 amide bonds. The molecule has 0 radical (unpaired) electrons. The number of hydrogen-bond donors (Lipinski definition) is 2. The van der Waals surface area contributed by atoms with Gasteiger partial charge in [0, 0.05) is 6.42 Å². The molecule has 2 N–H and O–H groups in total. The Hall–Kier alpha value is -2.68. The third kappa shape index (κ3) is 3.02. The summed E-state index contributed by atoms with van der Waals surface area (Å²) >= 11 is 0. The van der Waals surface area contributed by atoms with E-state index in [9.17, 15) is 15.2 Å². The van der Waals surface area contributed by atoms with Crippen molar-refractivity contribution in [2.75, 3.05) is 7.11 Å². The number of hydrogen-bond acceptors (Lipinski definition) is 5. The lowest BCUT2D eigenvalue weighted by Gasteiger charge is -2.22. The summed E-state index contributed by atoms with van der Waals surface area (Å²) in [6.45, 7) is 0. The summed E-state index contributed by atoms with van der Waals surface area (Å²) in [5.74, 6) is -0.414. The van der Waals surface area contributed by atoms with Crippen molar-refractivity contribution in [1.82, 2.24) is 5.32 Å². The zero-order valence-electron chi connectivity index (χ0n) is 13.3. The Morgan fingerprint density at radius 2 is 2.00 bits per heavy atom. The van der Waals surface area contributed by atoms with Crippen molar-refractivity contribution in [2.24, 2.45) is 0 Å². The van der Waals surface area contributed by atoms with Crippen LogP contribution in [-0.4, -0.2) is 24.3 Å². The summed E-state index contributed by atoms with van der Waals surface area (Å²) in [6, 6.07) is 15.9. The maximum absolute atomic E-state index is 11.5. The lowest BCUT2D eigenvalue weighted by molar-refractivity contribution is 0.0600. The minimum absolute atomic E-state index is 0.286. The summed E-state index contributed by atoms with van der Waals surface area (Å²) in [5, 5.41) is 23.1. The van der Waals surface area contributed by atoms with Crippen molar-refractivity contribution in [3.8, 4) is 6.07 Å². The van der Waals surface area contributed by atoms with E-state index in [0.29, 0.717) is 12.0 Å². The lowest BCUT2D eigenvalue weighted by Crippen LogP contribution is -2.31. The Balaban J connectivity index is 1.81. The van der Waals surface area contributed by atoms with Crippen LogP contribution in [0.4, 0.5) is 0 Å². The average Bonchev–Trinajstić information content (AvgIpc) is 2.94. The van der Waals surface area contributed by atoms with Gasteiger partial charge in [0.25, 0.3) is 0 Å². The zero-order chi connectivity index (χ0) is 17.1. The number of methoxy groups -OCH3 is 1. The van der Waals surface area contributed by atoms with Crippen LogP contribution in [0.3, 0.4) is 0 Å². The summed E-state index contributed by atoms with van der Waals surface area (Å²) in [6.07, 6.45) is 0.0142. The Morgan fingerprint density at radius 3 is 2.67 bits per heavy atom. The van der Waals surface area contributed by atoms with Gasteiger partial charge >= 0.3 is 5.97 Å². The van der Waals surface area contributed by atoms with Gasteiger partial charge in [-0.15, -0.1) is 0 Å². The van der Waals surface area contributed by atoms with Crippen molar-refractivity contribution < 1.29 is 14.6 Å². The second-order valence-corrected chi connectivity index (χ2v) is 5.79. The van der Waals surface area contributed by atoms with E-state index in [0.717, 1.165) is 16.7 Å². The standard InChI is InChI=1S/C19H18N2O3/c1-24-19(23)13-8-6-12(7-9-13)16(11-20)21-18-15-5-3-2-4-14(15)10-17(18)22/h2-9,16-18,21-22H,10H2,1H3/t16?,17-,18+/m1/s1. The van der Waals surface area contributed by atoms with Crippen molar-refractivity contribution >= 4 is 5.97 Å². The van der Waals surface area contributed by atoms with E-state index < -0.39 is 18.1 Å². The number of esters is 1. The van der Waals surface area contributed by atoms with Crippen LogP contribution in [0.25, 0.3) is 0 Å². The van der Waals surface area contributed by atoms with Crippen LogP contribution in [0.5, 0.6) is 0 Å². The minimum atomic E-state index is -0.581. The molecule has 0 saturated carbocycles. The van der Waals surface area contributed by atoms with Crippen molar-refractivity contribution in [2.45, 2.75) is 24.6 Å². The fraction of sp³-hybridized carbons (Fsp3) is 0.263. The van der Waals surface area contributed by atoms with Crippen LogP contribution < -0.4 is 5.32 Å². The SMILES string of the molecule is COC(=O)c1ccc(C(C#N)N[C@H]2c3ccccc3C[C@H]2O)cc1. The smallest absolute Gasteiger partial charge is 0.337 e. The van der Waals surface area contributed by atoms with Gasteiger partial charge in [0.2, 0.25) is 0 Å². The molecule has 0 saturated heterocycles. The highest BCUT2D eigenvalue weighted by atomic mass is 16.5. The van der Waals surface area contributed by atoms with Crippen molar-refractivity contribution in [3.63, 3.8) is 0 Å². The summed E-state index contributed by atoms with van der Waals surface area (Å²) in [7, 11) is 1.33. The monoisotopic (exact) mass is 322 g/mol. The molecule has 0 spiro atoms. The summed E-state index contributed by atoms with van der Waals surface area (Å²) < 4.78 is 4.67. The number of rotatable bonds is 4. The van der Waals surface area contributed by atoms with E-state index in [4.69, 9.17) is 0 Å². The fourth-order valence-corrected chi connectivity index (χ4v) is 3.09. The van der Waals surface area contributed by atoms with Gasteiger partial charge in [-0.25, -0.2) is 4.79 Å². The number of ether oxygens (including phenoxy) is 1. The molecular weight excluding hydrogens is 304 g/mol. The van der Waals surface area contributed by atoms with Gasteiger partial charge in [-0.3, -0.25) is 5.32 Å². The molecule has 5 heteroatoms. The Kier molecular flexibility index (Phi) is 4.61. The van der Waals surface area contributed by atoms with Gasteiger partial charge in [-0.05, 0) is 28.8 Å². The van der Waals surface area contributed by atoms with Gasteiger partial charge < -0.3 is 9.84 Å². The van der Waals surface area contributed by atoms with Crippen molar-refractivity contribution in [1.29, 1.82) is 5.26 Å². The molecular formula is C19H18N2O3. The molecule has 24 heavy (non-hydrogen) atoms. The zero-order valence-corrected chi connectivity index (χ0v) is 13.3. The van der Waals surface area contributed by atoms with Gasteiger partial charge in [0.1, 0.15) is 6.04 Å². The normalized spacial score (nSPS) is 20.0. The van der Waals surface area contributed by atoms with Gasteiger partial charge in [-0.1, -0.05) is 36.4 Å². The molecule has 2 aromatic carbocycles. The molecule has 0 aromatic heterocycles. The molecule has 3 atom stereocenters. The molecule has 1 aliphatic rings. The topological polar surface area (TPSA) is 82.4 Å². The van der Waals surface area contributed by atoms with Crippen LogP contribution in [0.2, 0.25) is 0 Å². The van der Waals surface area contributed by atoms with Crippen LogP contribution >= 0.6 is 0 Å². The third-order valence-electron chi connectivity index (χ3n) is 4.34. The highest BCUT2D eigenvalue weighted by molar-refractivity contribution is 5.89. The highest BCUT2D eigenvalue weighted by Gasteiger charge is 2.32. The van der Waals surface area contributed by atoms with Crippen molar-refractivity contribution in [3.05, 3.63) is 70.8 Å². The maximum Gasteiger partial charge on any atom is 0.337 e. The van der Waals surface area contributed by atoms with Crippen LogP contribution in [0.1, 0.15) is 39.1 Å². The van der Waals surface area contributed by atoms with E-state index in [2.05, 4.69) is 16.1 Å². The lowest BCUT2D eigenvalue weighted by atomic mass is 10.0. The van der Waals surface area contributed by atoms with E-state index in [1.807, 2.05) is 24.3 Å². The first-order valence-electron chi connectivity index (χ1n) is 7.74. The summed E-state index contributed by atoms with van der Waals surface area (Å²) in [5.41, 5.74) is 3.29. The van der Waals surface area contributed by atoms with Crippen LogP contribution in [0.15, 0.2) is 48.5 Å². The van der Waals surface area contributed by atoms with E-state index in [1.165, 1.54) is 7.11 Å². The maximum atomic E-state index is 11.5. The largest absolute Gasteiger partial charge is 0.465 e. The number of aliphatic hydroxyl groups is 1. The number of benzene rings is 2. The molecule has 1 aliphatic carbocycles. The molecule has 3 rings (SSSR count). The molecule has 1 unspecified atom stereocenters. The Labute approximate surface area is 140 Å². The number of nitriles is 1. The number of aliphatic hydroxyl groups excluding tert-OH is 1. The predicted molar refractivity (Wildman–Crippen MR) is 88.2 cm³/mol. The van der Waals surface area contributed by atoms with Crippen LogP contribution in [0, 0.1) is 11.3 Å². The second-order valence-electron chi connectivity index (χ2n) is 5.79. The number of carbonyl (C=O) groups is 1. The molecule has 0 bridgehead atoms. The fourth-order valence-electron chi connectivity index (χ4n) is 3.09. The highest BCUT2D eigenvalue weighted by Crippen LogP contribution is 2.33. The first-order chi connectivity index (χ1) is 11.6. The van der Waals surface area contributed by atoms with Gasteiger partial charge in [0.05, 0.1) is 30.9 Å². The number of nitrogens with one attached hydrogen (secondary N) is 1. The quantitative estimate of drug-likeness (QED) is 0.844. The molecule has 0 heterocycles. The van der Waals surface area contributed by atoms with Crippen LogP contribution in [-0.2, 0) is 11.2 Å². The van der Waals surface area contributed by atoms with Gasteiger partial charge in [0.15, 0.2) is 0 Å². The second kappa shape index (κ2) is 6.83. The average molecular weight is 322 g/mol. The number of fused-ring (bicyclic) bond motifs is 1. The predicted octanol–water partition coefficient (Wildman–Crippen LogP) is 2.29. The molecule has 122 valence electrons. The van der Waals surface area contributed by atoms with E-state index >= 15 is 0 Å². The third-order valence-corrected chi connectivity index (χ3v) is 4.34. The summed E-state index contributed by atoms with van der Waals surface area (Å²) in [4.78, 5) is 11.5. The molecule has 5 nitrogen and oxygen atoms in total. The minimum Gasteiger partial charge on any atom is -0.465 e. The van der Waals surface area contributed by atoms with E-state index in [1.54, 1.807) is 24.3 Å². The molecule has 2 aromatic rings. The Bertz CT molecular complexity index is 780. The van der Waals surface area contributed by atoms with E-state index in [-0.39, 0.29) is 6.04 Å². The first kappa shape index (κ1) is 16.2. The number of nitrogens with zero attached hydrogens (tertiary/aromatic N) is 1. The number of carbonyl (C=O) groups excluding carboxylic acids is 1. The molecule has 0 aliphatic heterocycles. The van der Waals surface area contributed by atoms with Gasteiger partial charge in [-0.2, -0.15) is 5.26 Å².